The minimum Gasteiger partial charge on any atom is 0 e. The van der Waals surface area contributed by atoms with Crippen LogP contribution in [-0.2, 0) is 72.9 Å². The summed E-state index contributed by atoms with van der Waals surface area (Å²) < 4.78 is 0. The van der Waals surface area contributed by atoms with Crippen molar-refractivity contribution in [3.8, 4) is 0 Å². The van der Waals surface area contributed by atoms with Gasteiger partial charge in [0.2, 0.25) is 0 Å². The Hall–Kier alpha value is 2.27. The van der Waals surface area contributed by atoms with Crippen molar-refractivity contribution in [1.29, 1.82) is 0 Å². The van der Waals surface area contributed by atoms with E-state index in [0.29, 0.717) is 0 Å². The number of hydrogen-bond donors (Lipinski definition) is 0. The zero-order chi connectivity index (χ0) is 0. The summed E-state index contributed by atoms with van der Waals surface area (Å²) in [5.74, 6) is 0. The minimum absolute atomic E-state index is 0. The van der Waals surface area contributed by atoms with Gasteiger partial charge in [0.05, 0.1) is 0 Å². The average molecular weight is 215 g/mol. The molecule has 0 aromatic carbocycles. The Kier molecular flexibility index (Phi) is 157. The van der Waals surface area contributed by atoms with Crippen molar-refractivity contribution in [2.45, 2.75) is 0 Å². The molecule has 0 unspecified atom stereocenters. The van der Waals surface area contributed by atoms with Crippen LogP contribution in [0.1, 0.15) is 0 Å². The van der Waals surface area contributed by atoms with Crippen LogP contribution < -0.4 is 0 Å². The minimum atomic E-state index is 0. The third-order valence-electron chi connectivity index (χ3n) is 0. The largest absolute Gasteiger partial charge is 0 e. The van der Waals surface area contributed by atoms with E-state index in [4.69, 9.17) is 0 Å². The summed E-state index contributed by atoms with van der Waals surface area (Å²) >= 11 is 0. The van der Waals surface area contributed by atoms with Crippen LogP contribution in [0.4, 0.5) is 0 Å². The summed E-state index contributed by atoms with van der Waals surface area (Å²) in [6, 6.07) is 0. The van der Waals surface area contributed by atoms with Gasteiger partial charge >= 0.3 is 0 Å². The van der Waals surface area contributed by atoms with E-state index in [1.807, 2.05) is 0 Å². The predicted octanol–water partition coefficient (Wildman–Crippen LogP) is -0.0100. The quantitative estimate of drug-likeness (QED) is 0.499. The fourth-order valence-corrected chi connectivity index (χ4v) is 0. The number of rotatable bonds is 0. The maximum absolute atomic E-state index is 0. The second-order valence-electron chi connectivity index (χ2n) is 0. The SMILES string of the molecule is [Fe].[Fe].[Fe].[Ti]. The zero-order valence-electron chi connectivity index (χ0n) is 1.56. The van der Waals surface area contributed by atoms with Crippen molar-refractivity contribution in [3.63, 3.8) is 0 Å². The summed E-state index contributed by atoms with van der Waals surface area (Å²) in [4.78, 5) is 0. The Labute approximate surface area is 72.2 Å². The third kappa shape index (κ3) is 8.86. The van der Waals surface area contributed by atoms with Gasteiger partial charge < -0.3 is 0 Å². The second kappa shape index (κ2) is 18.6. The molecule has 0 aliphatic rings. The van der Waals surface area contributed by atoms with Gasteiger partial charge in [-0.2, -0.15) is 0 Å². The second-order valence-corrected chi connectivity index (χ2v) is 0. The Morgan fingerprint density at radius 1 is 0.500 bits per heavy atom. The van der Waals surface area contributed by atoms with Gasteiger partial charge in [-0.15, -0.1) is 0 Å². The van der Waals surface area contributed by atoms with E-state index in [9.17, 15) is 0 Å². The molecule has 0 nitrogen and oxygen atoms in total. The van der Waals surface area contributed by atoms with E-state index in [1.54, 1.807) is 0 Å². The molecule has 0 aliphatic carbocycles. The maximum atomic E-state index is 0. The fourth-order valence-electron chi connectivity index (χ4n) is 0. The summed E-state index contributed by atoms with van der Waals surface area (Å²) in [6.45, 7) is 0. The van der Waals surface area contributed by atoms with Crippen LogP contribution in [0.15, 0.2) is 0 Å². The smallest absolute Gasteiger partial charge is 0 e. The van der Waals surface area contributed by atoms with Gasteiger partial charge in [0.15, 0.2) is 0 Å². The van der Waals surface area contributed by atoms with Crippen molar-refractivity contribution >= 4 is 0 Å². The first-order valence-corrected chi connectivity index (χ1v) is 0. The molecule has 4 heteroatoms. The average Bonchev–Trinajstić information content (AvgIpc) is 0. The van der Waals surface area contributed by atoms with Gasteiger partial charge in [0, 0.05) is 72.9 Å². The van der Waals surface area contributed by atoms with E-state index in [2.05, 4.69) is 0 Å². The van der Waals surface area contributed by atoms with Gasteiger partial charge in [-0.3, -0.25) is 0 Å². The van der Waals surface area contributed by atoms with E-state index < -0.39 is 0 Å². The summed E-state index contributed by atoms with van der Waals surface area (Å²) in [5, 5.41) is 0. The monoisotopic (exact) mass is 216 g/mol. The molecule has 0 aromatic rings. The molecule has 0 radical (unpaired) electrons. The number of hydrogen-bond acceptors (Lipinski definition) is 0. The first kappa shape index (κ1) is 33.8. The van der Waals surface area contributed by atoms with E-state index in [-0.39, 0.29) is 72.9 Å². The summed E-state index contributed by atoms with van der Waals surface area (Å²) in [5.41, 5.74) is 0. The zero-order valence-corrected chi connectivity index (χ0v) is 6.43. The molecule has 0 heterocycles. The molecule has 0 atom stereocenters. The molecule has 0 saturated carbocycles. The summed E-state index contributed by atoms with van der Waals surface area (Å²) in [6.07, 6.45) is 0. The molecule has 0 aliphatic heterocycles. The Bertz CT molecular complexity index is 3.25. The molecule has 0 N–H and O–H groups in total. The summed E-state index contributed by atoms with van der Waals surface area (Å²) in [7, 11) is 0. The van der Waals surface area contributed by atoms with Crippen molar-refractivity contribution < 1.29 is 72.9 Å². The van der Waals surface area contributed by atoms with Crippen LogP contribution in [0.5, 0.6) is 0 Å². The van der Waals surface area contributed by atoms with Crippen molar-refractivity contribution in [2.24, 2.45) is 0 Å². The van der Waals surface area contributed by atoms with Crippen LogP contribution in [0.3, 0.4) is 0 Å². The first-order chi connectivity index (χ1) is 0. The standard InChI is InChI=1S/3Fe.Ti. The molecular formula is Fe3Ti. The van der Waals surface area contributed by atoms with Gasteiger partial charge in [0.1, 0.15) is 0 Å². The van der Waals surface area contributed by atoms with E-state index in [0.717, 1.165) is 0 Å². The van der Waals surface area contributed by atoms with Crippen LogP contribution >= 0.6 is 0 Å². The van der Waals surface area contributed by atoms with Crippen molar-refractivity contribution in [1.82, 2.24) is 0 Å². The molecule has 28 valence electrons. The Morgan fingerprint density at radius 3 is 0.500 bits per heavy atom. The first-order valence-electron chi connectivity index (χ1n) is 0. The molecular weight excluding hydrogens is 215 g/mol. The van der Waals surface area contributed by atoms with Gasteiger partial charge in [0.25, 0.3) is 0 Å². The van der Waals surface area contributed by atoms with Crippen molar-refractivity contribution in [2.75, 3.05) is 0 Å². The third-order valence-corrected chi connectivity index (χ3v) is 0. The van der Waals surface area contributed by atoms with E-state index >= 15 is 0 Å². The topological polar surface area (TPSA) is 0 Å². The molecule has 0 bridgehead atoms. The molecule has 0 amide bonds. The van der Waals surface area contributed by atoms with Crippen LogP contribution in [-0.4, -0.2) is 0 Å². The molecule has 0 saturated heterocycles. The Morgan fingerprint density at radius 2 is 0.500 bits per heavy atom. The van der Waals surface area contributed by atoms with Crippen LogP contribution in [0, 0.1) is 0 Å². The molecule has 0 rings (SSSR count). The van der Waals surface area contributed by atoms with Crippen LogP contribution in [0.2, 0.25) is 0 Å². The van der Waals surface area contributed by atoms with E-state index in [1.165, 1.54) is 0 Å². The molecule has 0 spiro atoms. The molecule has 4 heavy (non-hydrogen) atoms. The van der Waals surface area contributed by atoms with Crippen molar-refractivity contribution in [3.05, 3.63) is 0 Å². The predicted molar refractivity (Wildman–Crippen MR) is 0 cm³/mol. The molecule has 0 aromatic heterocycles. The Balaban J connectivity index is 0. The van der Waals surface area contributed by atoms with Gasteiger partial charge in [-0.05, 0) is 0 Å². The maximum Gasteiger partial charge on any atom is 0 e. The normalized spacial score (nSPS) is 0. The van der Waals surface area contributed by atoms with Crippen LogP contribution in [0.25, 0.3) is 0 Å². The van der Waals surface area contributed by atoms with Gasteiger partial charge in [-0.25, -0.2) is 0 Å². The molecule has 0 fully saturated rings. The van der Waals surface area contributed by atoms with Gasteiger partial charge in [-0.1, -0.05) is 0 Å². The fraction of sp³-hybridized carbons (Fsp3) is 0.